The Labute approximate surface area is 190 Å². The number of ether oxygens (including phenoxy) is 1. The second-order valence-corrected chi connectivity index (χ2v) is 10.2. The number of aliphatic hydroxyl groups is 1. The molecule has 1 aliphatic carbocycles. The second kappa shape index (κ2) is 7.96. The monoisotopic (exact) mass is 468 g/mol. The summed E-state index contributed by atoms with van der Waals surface area (Å²) in [6.07, 6.45) is 4.13. The summed E-state index contributed by atoms with van der Waals surface area (Å²) in [7, 11) is -2.46. The summed E-state index contributed by atoms with van der Waals surface area (Å²) >= 11 is 0. The molecule has 3 atom stereocenters. The van der Waals surface area contributed by atoms with E-state index in [-0.39, 0.29) is 28.5 Å². The fourth-order valence-corrected chi connectivity index (χ4v) is 6.13. The van der Waals surface area contributed by atoms with E-state index in [1.165, 1.54) is 23.5 Å². The van der Waals surface area contributed by atoms with Crippen LogP contribution in [0.2, 0.25) is 0 Å². The van der Waals surface area contributed by atoms with Gasteiger partial charge < -0.3 is 14.4 Å². The molecule has 0 saturated heterocycles. The number of fused-ring (bicyclic) bond motifs is 3. The number of pyridine rings is 1. The summed E-state index contributed by atoms with van der Waals surface area (Å²) in [5.74, 6) is 0.000560. The maximum absolute atomic E-state index is 13.3. The number of hydrogen-bond donors (Lipinski definition) is 1. The van der Waals surface area contributed by atoms with Crippen molar-refractivity contribution in [3.63, 3.8) is 0 Å². The van der Waals surface area contributed by atoms with Crippen LogP contribution in [-0.2, 0) is 19.6 Å². The number of nitrogens with zero attached hydrogens (tertiary/aromatic N) is 4. The molecular formula is C23H24N4O5S. The minimum absolute atomic E-state index is 0.0802. The summed E-state index contributed by atoms with van der Waals surface area (Å²) < 4.78 is 34.6. The number of carbonyl (C=O) groups excluding carboxylic acids is 1. The maximum Gasteiger partial charge on any atom is 0.308 e. The van der Waals surface area contributed by atoms with Crippen LogP contribution >= 0.6 is 0 Å². The van der Waals surface area contributed by atoms with E-state index < -0.39 is 16.1 Å². The van der Waals surface area contributed by atoms with Crippen LogP contribution in [0.5, 0.6) is 0 Å². The van der Waals surface area contributed by atoms with Gasteiger partial charge in [-0.15, -0.1) is 0 Å². The first kappa shape index (κ1) is 21.6. The van der Waals surface area contributed by atoms with Crippen molar-refractivity contribution < 1.29 is 23.1 Å². The molecule has 3 aromatic heterocycles. The molecular weight excluding hydrogens is 444 g/mol. The van der Waals surface area contributed by atoms with E-state index in [0.717, 1.165) is 6.42 Å². The molecule has 4 aromatic rings. The Bertz CT molecular complexity index is 1460. The van der Waals surface area contributed by atoms with E-state index in [1.54, 1.807) is 43.3 Å². The molecule has 172 valence electrons. The number of benzene rings is 1. The fraction of sp³-hybridized carbons (Fsp3) is 0.348. The van der Waals surface area contributed by atoms with Gasteiger partial charge in [0.1, 0.15) is 17.4 Å². The highest BCUT2D eigenvalue weighted by atomic mass is 32.2. The maximum atomic E-state index is 13.3. The molecule has 5 rings (SSSR count). The van der Waals surface area contributed by atoms with E-state index in [4.69, 9.17) is 4.74 Å². The Morgan fingerprint density at radius 3 is 2.67 bits per heavy atom. The van der Waals surface area contributed by atoms with Gasteiger partial charge in [0.2, 0.25) is 0 Å². The molecule has 1 aliphatic rings. The van der Waals surface area contributed by atoms with Crippen molar-refractivity contribution in [2.45, 2.75) is 43.2 Å². The van der Waals surface area contributed by atoms with Crippen LogP contribution in [0.25, 0.3) is 22.1 Å². The van der Waals surface area contributed by atoms with Crippen molar-refractivity contribution in [1.29, 1.82) is 0 Å². The van der Waals surface area contributed by atoms with E-state index in [2.05, 4.69) is 9.97 Å². The van der Waals surface area contributed by atoms with Crippen LogP contribution in [0.3, 0.4) is 0 Å². The third-order valence-corrected chi connectivity index (χ3v) is 8.01. The summed E-state index contributed by atoms with van der Waals surface area (Å²) in [5, 5.41) is 11.1. The standard InChI is InChI=1S/C23H24N4O5S/c1-14(28)21-25-19-13-24-22-18(10-11-26(22)33(30,31)17-6-4-3-5-7-17)20(19)27(21)16-9-8-15(12-16)23(29)32-2/h3-7,10-11,13-16,28H,8-9,12H2,1-2H3/t14-,15?,16-/m1/s1. The second-order valence-electron chi connectivity index (χ2n) is 8.36. The summed E-state index contributed by atoms with van der Waals surface area (Å²) in [6.45, 7) is 1.64. The van der Waals surface area contributed by atoms with Crippen LogP contribution < -0.4 is 0 Å². The van der Waals surface area contributed by atoms with Gasteiger partial charge in [0, 0.05) is 17.6 Å². The Hall–Kier alpha value is -3.24. The van der Waals surface area contributed by atoms with Crippen molar-refractivity contribution in [3.05, 3.63) is 54.6 Å². The molecule has 0 aliphatic heterocycles. The van der Waals surface area contributed by atoms with Gasteiger partial charge >= 0.3 is 5.97 Å². The van der Waals surface area contributed by atoms with Gasteiger partial charge in [0.25, 0.3) is 10.0 Å². The molecule has 1 N–H and O–H groups in total. The van der Waals surface area contributed by atoms with Gasteiger partial charge in [-0.3, -0.25) is 4.79 Å². The highest BCUT2D eigenvalue weighted by Crippen LogP contribution is 2.40. The first-order chi connectivity index (χ1) is 15.8. The van der Waals surface area contributed by atoms with Gasteiger partial charge in [-0.1, -0.05) is 18.2 Å². The number of imidazole rings is 1. The van der Waals surface area contributed by atoms with Crippen molar-refractivity contribution in [3.8, 4) is 0 Å². The lowest BCUT2D eigenvalue weighted by molar-refractivity contribution is -0.145. The van der Waals surface area contributed by atoms with Gasteiger partial charge in [-0.05, 0) is 44.4 Å². The lowest BCUT2D eigenvalue weighted by atomic mass is 10.1. The number of rotatable bonds is 5. The Kier molecular flexibility index (Phi) is 5.21. The Balaban J connectivity index is 1.70. The lowest BCUT2D eigenvalue weighted by Crippen LogP contribution is -2.16. The summed E-state index contributed by atoms with van der Waals surface area (Å²) in [4.78, 5) is 21.3. The lowest BCUT2D eigenvalue weighted by Gasteiger charge is -2.18. The average Bonchev–Trinajstić information content (AvgIpc) is 3.54. The summed E-state index contributed by atoms with van der Waals surface area (Å²) in [5.41, 5.74) is 1.55. The van der Waals surface area contributed by atoms with Gasteiger partial charge in [0.05, 0.1) is 29.6 Å². The number of esters is 1. The van der Waals surface area contributed by atoms with Crippen LogP contribution in [0.1, 0.15) is 44.2 Å². The molecule has 0 bridgehead atoms. The molecule has 0 amide bonds. The van der Waals surface area contributed by atoms with E-state index in [1.807, 2.05) is 4.57 Å². The molecule has 0 spiro atoms. The average molecular weight is 469 g/mol. The number of carbonyl (C=O) groups is 1. The van der Waals surface area contributed by atoms with E-state index >= 15 is 0 Å². The zero-order valence-corrected chi connectivity index (χ0v) is 19.1. The topological polar surface area (TPSA) is 116 Å². The first-order valence-electron chi connectivity index (χ1n) is 10.8. The summed E-state index contributed by atoms with van der Waals surface area (Å²) in [6, 6.07) is 9.82. The molecule has 1 fully saturated rings. The molecule has 9 nitrogen and oxygen atoms in total. The molecule has 0 radical (unpaired) electrons. The molecule has 10 heteroatoms. The van der Waals surface area contributed by atoms with Crippen LogP contribution in [0, 0.1) is 5.92 Å². The molecule has 1 unspecified atom stereocenters. The highest BCUT2D eigenvalue weighted by Gasteiger charge is 2.35. The largest absolute Gasteiger partial charge is 0.469 e. The van der Waals surface area contributed by atoms with E-state index in [9.17, 15) is 18.3 Å². The third kappa shape index (κ3) is 3.41. The van der Waals surface area contributed by atoms with Crippen LogP contribution in [0.15, 0.2) is 53.7 Å². The van der Waals surface area contributed by atoms with Gasteiger partial charge in [-0.25, -0.2) is 22.4 Å². The predicted octanol–water partition coefficient (Wildman–Crippen LogP) is 3.19. The fourth-order valence-electron chi connectivity index (χ4n) is 4.80. The van der Waals surface area contributed by atoms with Gasteiger partial charge in [-0.2, -0.15) is 0 Å². The SMILES string of the molecule is COC(=O)C1CC[C@@H](n2c([C@@H](C)O)nc3cnc4c(ccn4S(=O)(=O)c4ccccc4)c32)C1. The highest BCUT2D eigenvalue weighted by molar-refractivity contribution is 7.90. The van der Waals surface area contributed by atoms with Crippen molar-refractivity contribution in [1.82, 2.24) is 18.5 Å². The van der Waals surface area contributed by atoms with Crippen LogP contribution in [-0.4, -0.2) is 45.1 Å². The number of aliphatic hydroxyl groups excluding tert-OH is 1. The Morgan fingerprint density at radius 1 is 1.21 bits per heavy atom. The molecule has 3 heterocycles. The number of aromatic nitrogens is 4. The van der Waals surface area contributed by atoms with Crippen LogP contribution in [0.4, 0.5) is 0 Å². The van der Waals surface area contributed by atoms with Gasteiger partial charge in [0.15, 0.2) is 5.65 Å². The molecule has 33 heavy (non-hydrogen) atoms. The normalized spacial score (nSPS) is 19.8. The zero-order valence-electron chi connectivity index (χ0n) is 18.2. The smallest absolute Gasteiger partial charge is 0.308 e. The predicted molar refractivity (Wildman–Crippen MR) is 121 cm³/mol. The van der Waals surface area contributed by atoms with Crippen molar-refractivity contribution in [2.75, 3.05) is 7.11 Å². The molecule has 1 saturated carbocycles. The number of hydrogen-bond acceptors (Lipinski definition) is 7. The third-order valence-electron chi connectivity index (χ3n) is 6.33. The van der Waals surface area contributed by atoms with Crippen molar-refractivity contribution in [2.24, 2.45) is 5.92 Å². The minimum atomic E-state index is -3.84. The molecule has 1 aromatic carbocycles. The Morgan fingerprint density at radius 2 is 1.97 bits per heavy atom. The van der Waals surface area contributed by atoms with Crippen molar-refractivity contribution >= 4 is 38.1 Å². The minimum Gasteiger partial charge on any atom is -0.469 e. The quantitative estimate of drug-likeness (QED) is 0.447. The van der Waals surface area contributed by atoms with E-state index in [0.29, 0.717) is 35.1 Å². The zero-order chi connectivity index (χ0) is 23.3. The first-order valence-corrected chi connectivity index (χ1v) is 12.2. The number of methoxy groups -OCH3 is 1.